The molecule has 8 heteroatoms. The average Bonchev–Trinajstić information content (AvgIpc) is 3.35. The smallest absolute Gasteiger partial charge is 0.229 e. The molecule has 8 nitrogen and oxygen atoms in total. The van der Waals surface area contributed by atoms with Crippen molar-refractivity contribution in [2.75, 3.05) is 37.1 Å². The molecule has 0 radical (unpaired) electrons. The van der Waals surface area contributed by atoms with E-state index in [9.17, 15) is 9.59 Å². The van der Waals surface area contributed by atoms with Crippen molar-refractivity contribution in [3.05, 3.63) is 36.7 Å². The molecule has 2 saturated heterocycles. The van der Waals surface area contributed by atoms with Gasteiger partial charge in [-0.1, -0.05) is 6.07 Å². The first-order valence-corrected chi connectivity index (χ1v) is 9.98. The summed E-state index contributed by atoms with van der Waals surface area (Å²) in [6.45, 7) is 2.78. The van der Waals surface area contributed by atoms with Crippen LogP contribution >= 0.6 is 0 Å². The van der Waals surface area contributed by atoms with Crippen LogP contribution in [0.2, 0.25) is 0 Å². The van der Waals surface area contributed by atoms with Gasteiger partial charge in [-0.25, -0.2) is 0 Å². The second-order valence-corrected chi connectivity index (χ2v) is 7.60. The monoisotopic (exact) mass is 398 g/mol. The molecule has 1 N–H and O–H groups in total. The summed E-state index contributed by atoms with van der Waals surface area (Å²) in [5.41, 5.74) is 1.41. The molecule has 1 aromatic heterocycles. The number of rotatable bonds is 6. The van der Waals surface area contributed by atoms with Crippen LogP contribution in [0.4, 0.5) is 11.4 Å². The SMILES string of the molecule is COc1cccc(N2C[C@@H](C(=O)Nc3cnn(CC4CCOCC4)c3)CC2=O)c1. The van der Waals surface area contributed by atoms with Crippen LogP contribution in [-0.2, 0) is 20.9 Å². The fourth-order valence-electron chi connectivity index (χ4n) is 3.88. The molecule has 3 heterocycles. The zero-order chi connectivity index (χ0) is 20.2. The molecule has 1 aromatic carbocycles. The van der Waals surface area contributed by atoms with E-state index >= 15 is 0 Å². The number of anilines is 2. The maximum atomic E-state index is 12.7. The second kappa shape index (κ2) is 8.65. The van der Waals surface area contributed by atoms with Crippen molar-refractivity contribution in [2.45, 2.75) is 25.8 Å². The van der Waals surface area contributed by atoms with Crippen LogP contribution < -0.4 is 15.0 Å². The van der Waals surface area contributed by atoms with E-state index in [0.717, 1.165) is 38.3 Å². The highest BCUT2D eigenvalue weighted by Crippen LogP contribution is 2.28. The lowest BCUT2D eigenvalue weighted by Gasteiger charge is -2.21. The minimum Gasteiger partial charge on any atom is -0.497 e. The fraction of sp³-hybridized carbons (Fsp3) is 0.476. The molecule has 1 atom stereocenters. The first-order chi connectivity index (χ1) is 14.1. The van der Waals surface area contributed by atoms with E-state index in [1.165, 1.54) is 0 Å². The van der Waals surface area contributed by atoms with Crippen molar-refractivity contribution in [1.29, 1.82) is 0 Å². The van der Waals surface area contributed by atoms with Crippen molar-refractivity contribution in [3.8, 4) is 5.75 Å². The summed E-state index contributed by atoms with van der Waals surface area (Å²) in [6.07, 6.45) is 5.77. The largest absolute Gasteiger partial charge is 0.497 e. The van der Waals surface area contributed by atoms with E-state index in [1.54, 1.807) is 24.3 Å². The average molecular weight is 398 g/mol. The number of nitrogens with zero attached hydrogens (tertiary/aromatic N) is 3. The zero-order valence-electron chi connectivity index (χ0n) is 16.5. The molecule has 2 fully saturated rings. The topological polar surface area (TPSA) is 85.7 Å². The Morgan fingerprint density at radius 2 is 2.17 bits per heavy atom. The predicted molar refractivity (Wildman–Crippen MR) is 108 cm³/mol. The molecule has 0 aliphatic carbocycles. The maximum absolute atomic E-state index is 12.7. The Kier molecular flexibility index (Phi) is 5.80. The van der Waals surface area contributed by atoms with Gasteiger partial charge in [0.1, 0.15) is 5.75 Å². The van der Waals surface area contributed by atoms with Gasteiger partial charge in [-0.3, -0.25) is 14.3 Å². The van der Waals surface area contributed by atoms with E-state index < -0.39 is 5.92 Å². The van der Waals surface area contributed by atoms with Crippen molar-refractivity contribution >= 4 is 23.2 Å². The molecule has 2 aliphatic heterocycles. The maximum Gasteiger partial charge on any atom is 0.229 e. The fourth-order valence-corrected chi connectivity index (χ4v) is 3.88. The molecule has 0 saturated carbocycles. The number of hydrogen-bond acceptors (Lipinski definition) is 5. The summed E-state index contributed by atoms with van der Waals surface area (Å²) in [5, 5.41) is 7.26. The molecule has 0 unspecified atom stereocenters. The highest BCUT2D eigenvalue weighted by atomic mass is 16.5. The second-order valence-electron chi connectivity index (χ2n) is 7.60. The Labute approximate surface area is 169 Å². The van der Waals surface area contributed by atoms with Gasteiger partial charge in [-0.15, -0.1) is 0 Å². The first kappa shape index (κ1) is 19.4. The Morgan fingerprint density at radius 1 is 1.34 bits per heavy atom. The molecule has 2 aliphatic rings. The molecular formula is C21H26N4O4. The summed E-state index contributed by atoms with van der Waals surface area (Å²) >= 11 is 0. The Hall–Kier alpha value is -2.87. The third kappa shape index (κ3) is 4.59. The predicted octanol–water partition coefficient (Wildman–Crippen LogP) is 2.31. The Bertz CT molecular complexity index is 875. The van der Waals surface area contributed by atoms with E-state index in [-0.39, 0.29) is 18.2 Å². The van der Waals surface area contributed by atoms with Crippen LogP contribution in [-0.4, -0.2) is 48.5 Å². The normalized spacial score (nSPS) is 20.1. The van der Waals surface area contributed by atoms with Gasteiger partial charge in [0.05, 0.1) is 24.9 Å². The Balaban J connectivity index is 1.35. The van der Waals surface area contributed by atoms with Gasteiger partial charge in [0.15, 0.2) is 0 Å². The lowest BCUT2D eigenvalue weighted by Crippen LogP contribution is -2.28. The van der Waals surface area contributed by atoms with E-state index in [2.05, 4.69) is 10.4 Å². The quantitative estimate of drug-likeness (QED) is 0.807. The van der Waals surface area contributed by atoms with Gasteiger partial charge in [-0.2, -0.15) is 5.10 Å². The number of hydrogen-bond donors (Lipinski definition) is 1. The number of carbonyl (C=O) groups excluding carboxylic acids is 2. The van der Waals surface area contributed by atoms with Crippen LogP contribution in [0.3, 0.4) is 0 Å². The lowest BCUT2D eigenvalue weighted by molar-refractivity contribution is -0.122. The van der Waals surface area contributed by atoms with Gasteiger partial charge in [0, 0.05) is 50.7 Å². The van der Waals surface area contributed by atoms with Gasteiger partial charge in [0.2, 0.25) is 11.8 Å². The van der Waals surface area contributed by atoms with Gasteiger partial charge in [-0.05, 0) is 30.9 Å². The number of aromatic nitrogens is 2. The van der Waals surface area contributed by atoms with Crippen molar-refractivity contribution in [1.82, 2.24) is 9.78 Å². The van der Waals surface area contributed by atoms with E-state index in [4.69, 9.17) is 9.47 Å². The number of nitrogens with one attached hydrogen (secondary N) is 1. The van der Waals surface area contributed by atoms with Crippen LogP contribution in [0.25, 0.3) is 0 Å². The number of methoxy groups -OCH3 is 1. The third-order valence-corrected chi connectivity index (χ3v) is 5.55. The molecule has 2 amide bonds. The molecule has 4 rings (SSSR count). The van der Waals surface area contributed by atoms with Crippen molar-refractivity contribution in [2.24, 2.45) is 11.8 Å². The highest BCUT2D eigenvalue weighted by molar-refractivity contribution is 6.03. The van der Waals surface area contributed by atoms with Crippen LogP contribution in [0.5, 0.6) is 5.75 Å². The molecule has 29 heavy (non-hydrogen) atoms. The van der Waals surface area contributed by atoms with E-state index in [1.807, 2.05) is 29.1 Å². The molecule has 2 aromatic rings. The van der Waals surface area contributed by atoms with Crippen LogP contribution in [0.1, 0.15) is 19.3 Å². The molecule has 0 spiro atoms. The summed E-state index contributed by atoms with van der Waals surface area (Å²) < 4.78 is 12.5. The first-order valence-electron chi connectivity index (χ1n) is 9.98. The molecule has 154 valence electrons. The van der Waals surface area contributed by atoms with Gasteiger partial charge >= 0.3 is 0 Å². The van der Waals surface area contributed by atoms with Crippen LogP contribution in [0, 0.1) is 11.8 Å². The molecular weight excluding hydrogens is 372 g/mol. The number of carbonyl (C=O) groups is 2. The summed E-state index contributed by atoms with van der Waals surface area (Å²) in [4.78, 5) is 26.8. The molecule has 0 bridgehead atoms. The number of benzene rings is 1. The minimum absolute atomic E-state index is 0.0615. The summed E-state index contributed by atoms with van der Waals surface area (Å²) in [7, 11) is 1.59. The highest BCUT2D eigenvalue weighted by Gasteiger charge is 2.35. The van der Waals surface area contributed by atoms with Gasteiger partial charge < -0.3 is 19.7 Å². The zero-order valence-corrected chi connectivity index (χ0v) is 16.5. The van der Waals surface area contributed by atoms with E-state index in [0.29, 0.717) is 23.9 Å². The van der Waals surface area contributed by atoms with Gasteiger partial charge in [0.25, 0.3) is 0 Å². The minimum atomic E-state index is -0.396. The summed E-state index contributed by atoms with van der Waals surface area (Å²) in [6, 6.07) is 7.31. The van der Waals surface area contributed by atoms with Crippen LogP contribution in [0.15, 0.2) is 36.7 Å². The Morgan fingerprint density at radius 3 is 2.97 bits per heavy atom. The standard InChI is InChI=1S/C21H26N4O4/c1-28-19-4-2-3-18(10-19)25-13-16(9-20(25)26)21(27)23-17-11-22-24(14-17)12-15-5-7-29-8-6-15/h2-4,10-11,14-16H,5-9,12-13H2,1H3,(H,23,27)/t16-/m0/s1. The van der Waals surface area contributed by atoms with Crippen molar-refractivity contribution < 1.29 is 19.1 Å². The van der Waals surface area contributed by atoms with Crippen molar-refractivity contribution in [3.63, 3.8) is 0 Å². The summed E-state index contributed by atoms with van der Waals surface area (Å²) in [5.74, 6) is 0.617. The number of amides is 2. The third-order valence-electron chi connectivity index (χ3n) is 5.55. The lowest BCUT2D eigenvalue weighted by atomic mass is 10.0. The number of ether oxygens (including phenoxy) is 2.